The smallest absolute Gasteiger partial charge is 0.338 e. The van der Waals surface area contributed by atoms with Crippen LogP contribution in [0.5, 0.6) is 5.75 Å². The lowest BCUT2D eigenvalue weighted by atomic mass is 10.1. The molecule has 7 heteroatoms. The first-order chi connectivity index (χ1) is 14.4. The van der Waals surface area contributed by atoms with Gasteiger partial charge in [-0.05, 0) is 62.2 Å². The van der Waals surface area contributed by atoms with E-state index >= 15 is 0 Å². The Kier molecular flexibility index (Phi) is 7.19. The summed E-state index contributed by atoms with van der Waals surface area (Å²) < 4.78 is 16.6. The first-order valence-electron chi connectivity index (χ1n) is 9.89. The molecule has 1 saturated heterocycles. The van der Waals surface area contributed by atoms with Gasteiger partial charge in [0.15, 0.2) is 6.10 Å². The Labute approximate surface area is 175 Å². The predicted molar refractivity (Wildman–Crippen MR) is 111 cm³/mol. The number of nitrogens with one attached hydrogen (secondary N) is 1. The van der Waals surface area contributed by atoms with Gasteiger partial charge in [-0.25, -0.2) is 4.79 Å². The molecule has 7 nitrogen and oxygen atoms in total. The summed E-state index contributed by atoms with van der Waals surface area (Å²) in [4.78, 5) is 36.1. The van der Waals surface area contributed by atoms with Crippen LogP contribution in [0.15, 0.2) is 48.5 Å². The monoisotopic (exact) mass is 411 g/mol. The molecule has 1 heterocycles. The number of hydrogen-bond acceptors (Lipinski definition) is 6. The van der Waals surface area contributed by atoms with Crippen LogP contribution in [0.2, 0.25) is 0 Å². The van der Waals surface area contributed by atoms with E-state index in [9.17, 15) is 14.4 Å². The third-order valence-corrected chi connectivity index (χ3v) is 4.67. The summed E-state index contributed by atoms with van der Waals surface area (Å²) in [7, 11) is 0. The lowest BCUT2D eigenvalue weighted by Gasteiger charge is -2.14. The number of rotatable bonds is 8. The van der Waals surface area contributed by atoms with Crippen molar-refractivity contribution in [2.75, 3.05) is 18.5 Å². The van der Waals surface area contributed by atoms with Crippen molar-refractivity contribution >= 4 is 23.3 Å². The molecule has 0 spiro atoms. The molecule has 3 rings (SSSR count). The highest BCUT2D eigenvalue weighted by Gasteiger charge is 2.21. The fourth-order valence-electron chi connectivity index (χ4n) is 3.12. The fraction of sp³-hybridized carbons (Fsp3) is 0.348. The Morgan fingerprint density at radius 3 is 2.57 bits per heavy atom. The molecule has 158 valence electrons. The Morgan fingerprint density at radius 1 is 1.13 bits per heavy atom. The van der Waals surface area contributed by atoms with Crippen LogP contribution in [0.1, 0.15) is 47.4 Å². The van der Waals surface area contributed by atoms with Crippen LogP contribution >= 0.6 is 0 Å². The van der Waals surface area contributed by atoms with Crippen molar-refractivity contribution < 1.29 is 28.6 Å². The number of ether oxygens (including phenoxy) is 3. The third-order valence-electron chi connectivity index (χ3n) is 4.67. The average Bonchev–Trinajstić information content (AvgIpc) is 3.26. The molecule has 0 radical (unpaired) electrons. The molecular weight excluding hydrogens is 386 g/mol. The van der Waals surface area contributed by atoms with E-state index in [1.807, 2.05) is 0 Å². The van der Waals surface area contributed by atoms with E-state index in [2.05, 4.69) is 5.32 Å². The number of carbonyl (C=O) groups excluding carboxylic acids is 3. The zero-order chi connectivity index (χ0) is 21.5. The molecule has 0 unspecified atom stereocenters. The number of esters is 1. The summed E-state index contributed by atoms with van der Waals surface area (Å²) >= 11 is 0. The van der Waals surface area contributed by atoms with E-state index in [-0.39, 0.29) is 17.8 Å². The minimum atomic E-state index is -0.958. The Bertz CT molecular complexity index is 902. The molecule has 1 aliphatic rings. The molecule has 1 aliphatic heterocycles. The molecule has 30 heavy (non-hydrogen) atoms. The Morgan fingerprint density at radius 2 is 1.90 bits per heavy atom. The van der Waals surface area contributed by atoms with Crippen LogP contribution in [-0.2, 0) is 14.3 Å². The van der Waals surface area contributed by atoms with Crippen LogP contribution in [0.3, 0.4) is 0 Å². The maximum absolute atomic E-state index is 12.6. The first kappa shape index (κ1) is 21.5. The van der Waals surface area contributed by atoms with Gasteiger partial charge >= 0.3 is 5.97 Å². The van der Waals surface area contributed by atoms with Gasteiger partial charge in [-0.1, -0.05) is 6.07 Å². The highest BCUT2D eigenvalue weighted by molar-refractivity contribution is 6.02. The molecule has 2 aromatic rings. The molecule has 2 atom stereocenters. The van der Waals surface area contributed by atoms with Crippen LogP contribution in [0.4, 0.5) is 5.69 Å². The van der Waals surface area contributed by atoms with Crippen molar-refractivity contribution in [2.45, 2.75) is 38.9 Å². The number of Topliss-reactive ketones (excluding diaryl/α,β-unsaturated/α-hetero) is 1. The second-order valence-corrected chi connectivity index (χ2v) is 7.14. The van der Waals surface area contributed by atoms with E-state index in [4.69, 9.17) is 14.2 Å². The molecule has 0 bridgehead atoms. The third kappa shape index (κ3) is 5.90. The SMILES string of the molecule is CC(=O)Nc1ccc(C(=O)[C@H](C)OC(=O)c2cccc(OC[C@@H]3CCCO3)c2)cc1. The number of carbonyl (C=O) groups is 3. The lowest BCUT2D eigenvalue weighted by molar-refractivity contribution is -0.114. The van der Waals surface area contributed by atoms with Gasteiger partial charge in [0.1, 0.15) is 12.4 Å². The summed E-state index contributed by atoms with van der Waals surface area (Å²) in [5, 5.41) is 2.63. The van der Waals surface area contributed by atoms with Crippen molar-refractivity contribution in [3.8, 4) is 5.75 Å². The number of hydrogen-bond donors (Lipinski definition) is 1. The molecular formula is C23H25NO6. The predicted octanol–water partition coefficient (Wildman–Crippen LogP) is 3.63. The topological polar surface area (TPSA) is 90.9 Å². The summed E-state index contributed by atoms with van der Waals surface area (Å²) in [6.07, 6.45) is 1.12. The minimum Gasteiger partial charge on any atom is -0.491 e. The zero-order valence-electron chi connectivity index (χ0n) is 17.1. The molecule has 1 fully saturated rings. The first-order valence-corrected chi connectivity index (χ1v) is 9.89. The quantitative estimate of drug-likeness (QED) is 0.527. The van der Waals surface area contributed by atoms with Gasteiger partial charge in [0.25, 0.3) is 0 Å². The normalized spacial score (nSPS) is 16.5. The molecule has 0 aliphatic carbocycles. The van der Waals surface area contributed by atoms with Crippen LogP contribution < -0.4 is 10.1 Å². The van der Waals surface area contributed by atoms with Crippen molar-refractivity contribution in [2.24, 2.45) is 0 Å². The van der Waals surface area contributed by atoms with E-state index in [1.165, 1.54) is 13.8 Å². The largest absolute Gasteiger partial charge is 0.491 e. The number of anilines is 1. The van der Waals surface area contributed by atoms with Gasteiger partial charge in [0.05, 0.1) is 11.7 Å². The fourth-order valence-corrected chi connectivity index (χ4v) is 3.12. The summed E-state index contributed by atoms with van der Waals surface area (Å²) in [6, 6.07) is 13.1. The van der Waals surface area contributed by atoms with Crippen LogP contribution in [-0.4, -0.2) is 43.1 Å². The molecule has 0 aromatic heterocycles. The van der Waals surface area contributed by atoms with E-state index in [1.54, 1.807) is 48.5 Å². The maximum Gasteiger partial charge on any atom is 0.338 e. The summed E-state index contributed by atoms with van der Waals surface area (Å²) in [5.41, 5.74) is 1.28. The second kappa shape index (κ2) is 10.0. The minimum absolute atomic E-state index is 0.0790. The average molecular weight is 411 g/mol. The standard InChI is InChI=1S/C23H25NO6/c1-15(22(26)17-8-10-19(11-9-17)24-16(2)25)30-23(27)18-5-3-6-20(13-18)29-14-21-7-4-12-28-21/h3,5-6,8-11,13,15,21H,4,7,12,14H2,1-2H3,(H,24,25)/t15-,21-/m0/s1. The van der Waals surface area contributed by atoms with E-state index < -0.39 is 12.1 Å². The van der Waals surface area contributed by atoms with Crippen LogP contribution in [0.25, 0.3) is 0 Å². The number of amides is 1. The van der Waals surface area contributed by atoms with E-state index in [0.717, 1.165) is 19.4 Å². The van der Waals surface area contributed by atoms with Gasteiger partial charge in [-0.3, -0.25) is 9.59 Å². The van der Waals surface area contributed by atoms with E-state index in [0.29, 0.717) is 29.2 Å². The van der Waals surface area contributed by atoms with Crippen molar-refractivity contribution in [1.29, 1.82) is 0 Å². The van der Waals surface area contributed by atoms with Gasteiger partial charge < -0.3 is 19.5 Å². The Balaban J connectivity index is 1.57. The van der Waals surface area contributed by atoms with Gasteiger partial charge in [0.2, 0.25) is 11.7 Å². The molecule has 0 saturated carbocycles. The molecule has 1 amide bonds. The Hall–Kier alpha value is -3.19. The van der Waals surface area contributed by atoms with Gasteiger partial charge in [0, 0.05) is 24.8 Å². The van der Waals surface area contributed by atoms with Crippen LogP contribution in [0, 0.1) is 0 Å². The van der Waals surface area contributed by atoms with Crippen molar-refractivity contribution in [1.82, 2.24) is 0 Å². The summed E-state index contributed by atoms with van der Waals surface area (Å²) in [6.45, 7) is 4.12. The number of benzene rings is 2. The van der Waals surface area contributed by atoms with Crippen molar-refractivity contribution in [3.05, 3.63) is 59.7 Å². The highest BCUT2D eigenvalue weighted by Crippen LogP contribution is 2.19. The maximum atomic E-state index is 12.6. The molecule has 2 aromatic carbocycles. The summed E-state index contributed by atoms with van der Waals surface area (Å²) in [5.74, 6) is -0.581. The number of ketones is 1. The highest BCUT2D eigenvalue weighted by atomic mass is 16.5. The lowest BCUT2D eigenvalue weighted by Crippen LogP contribution is -2.24. The second-order valence-electron chi connectivity index (χ2n) is 7.14. The van der Waals surface area contributed by atoms with Gasteiger partial charge in [-0.2, -0.15) is 0 Å². The molecule has 1 N–H and O–H groups in total. The zero-order valence-corrected chi connectivity index (χ0v) is 17.1. The van der Waals surface area contributed by atoms with Gasteiger partial charge in [-0.15, -0.1) is 0 Å². The van der Waals surface area contributed by atoms with Crippen molar-refractivity contribution in [3.63, 3.8) is 0 Å².